The number of rotatable bonds is 6. The lowest BCUT2D eigenvalue weighted by molar-refractivity contribution is 0.299. The van der Waals surface area contributed by atoms with E-state index in [1.807, 2.05) is 31.1 Å². The first-order valence-electron chi connectivity index (χ1n) is 8.46. The molecule has 1 atom stereocenters. The van der Waals surface area contributed by atoms with Gasteiger partial charge in [0.15, 0.2) is 0 Å². The van der Waals surface area contributed by atoms with Crippen molar-refractivity contribution < 1.29 is 13.2 Å². The number of sulfonamides is 1. The highest BCUT2D eigenvalue weighted by atomic mass is 35.5. The van der Waals surface area contributed by atoms with Gasteiger partial charge in [0.05, 0.1) is 11.5 Å². The molecule has 1 aliphatic rings. The summed E-state index contributed by atoms with van der Waals surface area (Å²) in [6.07, 6.45) is 0.886. The molecule has 0 amide bonds. The maximum Gasteiger partial charge on any atom is 0.240 e. The molecular weight excluding hydrogens is 372 g/mol. The zero-order chi connectivity index (χ0) is 18.9. The Morgan fingerprint density at radius 1 is 1.23 bits per heavy atom. The minimum Gasteiger partial charge on any atom is -0.493 e. The Hall–Kier alpha value is -1.60. The van der Waals surface area contributed by atoms with Crippen molar-refractivity contribution >= 4 is 21.6 Å². The maximum absolute atomic E-state index is 12.7. The van der Waals surface area contributed by atoms with E-state index < -0.39 is 10.0 Å². The summed E-state index contributed by atoms with van der Waals surface area (Å²) in [6, 6.07) is 10.8. The number of halogens is 1. The van der Waals surface area contributed by atoms with Crippen molar-refractivity contribution in [3.63, 3.8) is 0 Å². The third kappa shape index (κ3) is 4.04. The first-order chi connectivity index (χ1) is 12.3. The van der Waals surface area contributed by atoms with Gasteiger partial charge in [-0.05, 0) is 55.9 Å². The molecule has 26 heavy (non-hydrogen) atoms. The van der Waals surface area contributed by atoms with Gasteiger partial charge < -0.3 is 9.64 Å². The topological polar surface area (TPSA) is 58.6 Å². The molecule has 0 saturated carbocycles. The minimum atomic E-state index is -3.65. The predicted octanol–water partition coefficient (Wildman–Crippen LogP) is 3.16. The Balaban J connectivity index is 1.82. The van der Waals surface area contributed by atoms with Crippen LogP contribution in [0.4, 0.5) is 0 Å². The molecule has 0 fully saturated rings. The van der Waals surface area contributed by atoms with Crippen LogP contribution in [0.2, 0.25) is 5.02 Å². The number of fused-ring (bicyclic) bond motifs is 1. The molecular formula is C19H23ClN2O3S. The second kappa shape index (κ2) is 7.56. The highest BCUT2D eigenvalue weighted by Crippen LogP contribution is 2.29. The zero-order valence-corrected chi connectivity index (χ0v) is 16.7. The average molecular weight is 395 g/mol. The van der Waals surface area contributed by atoms with Gasteiger partial charge in [-0.1, -0.05) is 29.8 Å². The van der Waals surface area contributed by atoms with E-state index in [2.05, 4.69) is 10.8 Å². The lowest BCUT2D eigenvalue weighted by atomic mass is 10.0. The number of ether oxygens (including phenoxy) is 1. The standard InChI is InChI=1S/C19H23ClN2O3S/c1-13-4-6-16(20)11-19(13)26(23,24)21-12-17(22(2)3)14-5-7-18-15(10-14)8-9-25-18/h4-7,10-11,17,21H,8-9,12H2,1-3H3/t17-/m0/s1. The van der Waals surface area contributed by atoms with E-state index in [1.165, 1.54) is 11.6 Å². The van der Waals surface area contributed by atoms with E-state index in [4.69, 9.17) is 16.3 Å². The van der Waals surface area contributed by atoms with Crippen LogP contribution in [0.15, 0.2) is 41.3 Å². The fraction of sp³-hybridized carbons (Fsp3) is 0.368. The highest BCUT2D eigenvalue weighted by molar-refractivity contribution is 7.89. The molecule has 0 radical (unpaired) electrons. The minimum absolute atomic E-state index is 0.0878. The van der Waals surface area contributed by atoms with Crippen molar-refractivity contribution in [2.75, 3.05) is 27.2 Å². The fourth-order valence-corrected chi connectivity index (χ4v) is 4.69. The largest absolute Gasteiger partial charge is 0.493 e. The normalized spacial score (nSPS) is 15.0. The van der Waals surface area contributed by atoms with Crippen LogP contribution in [0.25, 0.3) is 0 Å². The van der Waals surface area contributed by atoms with Crippen molar-refractivity contribution in [1.29, 1.82) is 0 Å². The predicted molar refractivity (Wildman–Crippen MR) is 103 cm³/mol. The Morgan fingerprint density at radius 2 is 2.00 bits per heavy atom. The lowest BCUT2D eigenvalue weighted by Gasteiger charge is -2.25. The van der Waals surface area contributed by atoms with Crippen LogP contribution in [0.3, 0.4) is 0 Å². The van der Waals surface area contributed by atoms with Gasteiger partial charge in [-0.25, -0.2) is 13.1 Å². The summed E-state index contributed by atoms with van der Waals surface area (Å²) in [5.41, 5.74) is 2.89. The molecule has 0 bridgehead atoms. The van der Waals surface area contributed by atoms with Crippen LogP contribution in [0, 0.1) is 6.92 Å². The van der Waals surface area contributed by atoms with E-state index in [0.29, 0.717) is 17.2 Å². The summed E-state index contributed by atoms with van der Waals surface area (Å²) in [5.74, 6) is 0.918. The molecule has 1 aliphatic heterocycles. The molecule has 1 N–H and O–H groups in total. The Kier molecular flexibility index (Phi) is 5.58. The van der Waals surface area contributed by atoms with Crippen molar-refractivity contribution in [3.05, 3.63) is 58.1 Å². The molecule has 0 aliphatic carbocycles. The Labute approximate surface area is 160 Å². The van der Waals surface area contributed by atoms with Crippen molar-refractivity contribution in [2.24, 2.45) is 0 Å². The van der Waals surface area contributed by atoms with Crippen LogP contribution in [0.1, 0.15) is 22.7 Å². The van der Waals surface area contributed by atoms with Gasteiger partial charge >= 0.3 is 0 Å². The SMILES string of the molecule is Cc1ccc(Cl)cc1S(=O)(=O)NC[C@@H](c1ccc2c(c1)CCO2)N(C)C. The van der Waals surface area contributed by atoms with Gasteiger partial charge in [-0.2, -0.15) is 0 Å². The number of aryl methyl sites for hydroxylation is 1. The molecule has 2 aromatic rings. The van der Waals surface area contributed by atoms with Gasteiger partial charge in [0.1, 0.15) is 5.75 Å². The third-order valence-corrected chi connectivity index (χ3v) is 6.43. The molecule has 3 rings (SSSR count). The first kappa shape index (κ1) is 19.2. The van der Waals surface area contributed by atoms with Crippen LogP contribution in [-0.4, -0.2) is 40.6 Å². The maximum atomic E-state index is 12.7. The van der Waals surface area contributed by atoms with Crippen LogP contribution < -0.4 is 9.46 Å². The molecule has 5 nitrogen and oxygen atoms in total. The van der Waals surface area contributed by atoms with Gasteiger partial charge in [0.2, 0.25) is 10.0 Å². The second-order valence-electron chi connectivity index (χ2n) is 6.71. The van der Waals surface area contributed by atoms with Gasteiger partial charge in [-0.3, -0.25) is 0 Å². The third-order valence-electron chi connectivity index (χ3n) is 4.63. The zero-order valence-electron chi connectivity index (χ0n) is 15.1. The van der Waals surface area contributed by atoms with Crippen molar-refractivity contribution in [2.45, 2.75) is 24.3 Å². The number of likely N-dealkylation sites (N-methyl/N-ethyl adjacent to an activating group) is 1. The van der Waals surface area contributed by atoms with E-state index in [9.17, 15) is 8.42 Å². The van der Waals surface area contributed by atoms with Crippen molar-refractivity contribution in [3.8, 4) is 5.75 Å². The monoisotopic (exact) mass is 394 g/mol. The number of benzene rings is 2. The number of nitrogens with one attached hydrogen (secondary N) is 1. The smallest absolute Gasteiger partial charge is 0.240 e. The van der Waals surface area contributed by atoms with E-state index in [0.717, 1.165) is 17.7 Å². The van der Waals surface area contributed by atoms with E-state index in [1.54, 1.807) is 19.1 Å². The molecule has 1 heterocycles. The molecule has 7 heteroatoms. The molecule has 140 valence electrons. The van der Waals surface area contributed by atoms with Crippen LogP contribution in [0.5, 0.6) is 5.75 Å². The molecule has 0 aromatic heterocycles. The van der Waals surface area contributed by atoms with Gasteiger partial charge in [-0.15, -0.1) is 0 Å². The summed E-state index contributed by atoms with van der Waals surface area (Å²) in [6.45, 7) is 2.72. The molecule has 0 spiro atoms. The highest BCUT2D eigenvalue weighted by Gasteiger charge is 2.23. The lowest BCUT2D eigenvalue weighted by Crippen LogP contribution is -2.34. The fourth-order valence-electron chi connectivity index (χ4n) is 3.14. The molecule has 0 unspecified atom stereocenters. The van der Waals surface area contributed by atoms with Crippen molar-refractivity contribution in [1.82, 2.24) is 9.62 Å². The molecule has 2 aromatic carbocycles. The quantitative estimate of drug-likeness (QED) is 0.817. The first-order valence-corrected chi connectivity index (χ1v) is 10.3. The summed E-state index contributed by atoms with van der Waals surface area (Å²) in [7, 11) is 0.228. The second-order valence-corrected chi connectivity index (χ2v) is 8.88. The van der Waals surface area contributed by atoms with Crippen LogP contribution >= 0.6 is 11.6 Å². The van der Waals surface area contributed by atoms with Gasteiger partial charge in [0.25, 0.3) is 0 Å². The summed E-state index contributed by atoms with van der Waals surface area (Å²) in [5, 5.41) is 0.402. The number of hydrogen-bond donors (Lipinski definition) is 1. The number of hydrogen-bond acceptors (Lipinski definition) is 4. The average Bonchev–Trinajstić information content (AvgIpc) is 3.04. The summed E-state index contributed by atoms with van der Waals surface area (Å²) in [4.78, 5) is 2.22. The summed E-state index contributed by atoms with van der Waals surface area (Å²) < 4.78 is 33.8. The van der Waals surface area contributed by atoms with Gasteiger partial charge in [0, 0.05) is 24.0 Å². The Bertz CT molecular complexity index is 913. The van der Waals surface area contributed by atoms with E-state index in [-0.39, 0.29) is 17.5 Å². The molecule has 0 saturated heterocycles. The number of nitrogens with zero attached hydrogens (tertiary/aromatic N) is 1. The summed E-state index contributed by atoms with van der Waals surface area (Å²) >= 11 is 5.97. The van der Waals surface area contributed by atoms with Crippen LogP contribution in [-0.2, 0) is 16.4 Å². The Morgan fingerprint density at radius 3 is 2.73 bits per heavy atom. The van der Waals surface area contributed by atoms with E-state index >= 15 is 0 Å².